The lowest BCUT2D eigenvalue weighted by molar-refractivity contribution is -0.116. The van der Waals surface area contributed by atoms with Crippen LogP contribution in [0.25, 0.3) is 6.08 Å². The van der Waals surface area contributed by atoms with Gasteiger partial charge in [-0.05, 0) is 80.9 Å². The predicted molar refractivity (Wildman–Crippen MR) is 95.7 cm³/mol. The summed E-state index contributed by atoms with van der Waals surface area (Å²) in [5.74, 6) is 0.818. The fourth-order valence-corrected chi connectivity index (χ4v) is 3.01. The Morgan fingerprint density at radius 2 is 2.00 bits per heavy atom. The van der Waals surface area contributed by atoms with Crippen LogP contribution < -0.4 is 10.1 Å². The number of methoxy groups -OCH3 is 1. The highest BCUT2D eigenvalue weighted by Gasteiger charge is 2.05. The molecule has 0 aliphatic heterocycles. The van der Waals surface area contributed by atoms with Gasteiger partial charge in [-0.3, -0.25) is 4.79 Å². The molecule has 0 atom stereocenters. The van der Waals surface area contributed by atoms with Gasteiger partial charge in [-0.15, -0.1) is 0 Å². The average molecular weight is 313 g/mol. The summed E-state index contributed by atoms with van der Waals surface area (Å²) >= 11 is 0. The van der Waals surface area contributed by atoms with Crippen LogP contribution in [0.15, 0.2) is 29.9 Å². The van der Waals surface area contributed by atoms with Crippen LogP contribution in [0.5, 0.6) is 5.75 Å². The van der Waals surface area contributed by atoms with Gasteiger partial charge >= 0.3 is 0 Å². The van der Waals surface area contributed by atoms with Gasteiger partial charge in [-0.2, -0.15) is 0 Å². The Labute approximate surface area is 139 Å². The number of carbonyl (C=O) groups is 1. The molecule has 124 valence electrons. The van der Waals surface area contributed by atoms with Gasteiger partial charge in [0.15, 0.2) is 0 Å². The van der Waals surface area contributed by atoms with E-state index in [9.17, 15) is 4.79 Å². The lowest BCUT2D eigenvalue weighted by Gasteiger charge is -2.12. The van der Waals surface area contributed by atoms with Crippen LogP contribution in [0.4, 0.5) is 0 Å². The molecule has 0 radical (unpaired) electrons. The van der Waals surface area contributed by atoms with E-state index in [1.165, 1.54) is 31.3 Å². The molecule has 0 saturated heterocycles. The number of nitrogens with one attached hydrogen (secondary N) is 1. The molecule has 0 fully saturated rings. The van der Waals surface area contributed by atoms with Crippen LogP contribution >= 0.6 is 0 Å². The molecular weight excluding hydrogens is 286 g/mol. The molecule has 0 spiro atoms. The second-order valence-corrected chi connectivity index (χ2v) is 6.16. The van der Waals surface area contributed by atoms with E-state index in [2.05, 4.69) is 11.4 Å². The van der Waals surface area contributed by atoms with Gasteiger partial charge in [-0.25, -0.2) is 0 Å². The summed E-state index contributed by atoms with van der Waals surface area (Å²) in [4.78, 5) is 12.0. The minimum Gasteiger partial charge on any atom is -0.497 e. The summed E-state index contributed by atoms with van der Waals surface area (Å²) in [5.41, 5.74) is 4.79. The number of rotatable bonds is 6. The number of benzene rings is 1. The minimum atomic E-state index is -0.0315. The lowest BCUT2D eigenvalue weighted by atomic mass is 9.97. The van der Waals surface area contributed by atoms with Crippen LogP contribution in [-0.4, -0.2) is 19.6 Å². The molecule has 1 aliphatic carbocycles. The molecule has 0 heterocycles. The van der Waals surface area contributed by atoms with Gasteiger partial charge in [0.05, 0.1) is 7.11 Å². The van der Waals surface area contributed by atoms with Crippen molar-refractivity contribution in [3.05, 3.63) is 46.5 Å². The van der Waals surface area contributed by atoms with Crippen LogP contribution in [0.3, 0.4) is 0 Å². The zero-order valence-corrected chi connectivity index (χ0v) is 14.4. The Hall–Kier alpha value is -2.03. The fourth-order valence-electron chi connectivity index (χ4n) is 3.01. The SMILES string of the molecule is COc1cc(C)c(/C=C/C(=O)NCCC2=CCCCC2)c(C)c1. The highest BCUT2D eigenvalue weighted by atomic mass is 16.5. The fraction of sp³-hybridized carbons (Fsp3) is 0.450. The highest BCUT2D eigenvalue weighted by Crippen LogP contribution is 2.22. The molecule has 0 unspecified atom stereocenters. The summed E-state index contributed by atoms with van der Waals surface area (Å²) < 4.78 is 5.26. The zero-order valence-electron chi connectivity index (χ0n) is 14.4. The number of amides is 1. The smallest absolute Gasteiger partial charge is 0.244 e. The van der Waals surface area contributed by atoms with Crippen LogP contribution in [0.1, 0.15) is 48.8 Å². The van der Waals surface area contributed by atoms with Crippen molar-refractivity contribution in [1.29, 1.82) is 0 Å². The first-order chi connectivity index (χ1) is 11.1. The van der Waals surface area contributed by atoms with E-state index in [-0.39, 0.29) is 5.91 Å². The average Bonchev–Trinajstić information content (AvgIpc) is 2.54. The number of hydrogen-bond acceptors (Lipinski definition) is 2. The standard InChI is InChI=1S/C20H27NO2/c1-15-13-18(23-3)14-16(2)19(15)9-10-20(22)21-12-11-17-7-5-4-6-8-17/h7,9-10,13-14H,4-6,8,11-12H2,1-3H3,(H,21,22)/b10-9+. The van der Waals surface area contributed by atoms with Gasteiger partial charge in [-0.1, -0.05) is 11.6 Å². The maximum Gasteiger partial charge on any atom is 0.244 e. The molecule has 0 bridgehead atoms. The molecule has 3 nitrogen and oxygen atoms in total. The van der Waals surface area contributed by atoms with Gasteiger partial charge in [0.25, 0.3) is 0 Å². The minimum absolute atomic E-state index is 0.0315. The van der Waals surface area contributed by atoms with Crippen LogP contribution in [-0.2, 0) is 4.79 Å². The second kappa shape index (κ2) is 8.56. The quantitative estimate of drug-likeness (QED) is 0.627. The molecule has 2 rings (SSSR count). The van der Waals surface area contributed by atoms with Gasteiger partial charge < -0.3 is 10.1 Å². The first-order valence-electron chi connectivity index (χ1n) is 8.39. The number of hydrogen-bond donors (Lipinski definition) is 1. The Morgan fingerprint density at radius 1 is 1.26 bits per heavy atom. The molecule has 0 saturated carbocycles. The van der Waals surface area contributed by atoms with E-state index < -0.39 is 0 Å². The van der Waals surface area contributed by atoms with E-state index >= 15 is 0 Å². The van der Waals surface area contributed by atoms with Crippen molar-refractivity contribution in [2.45, 2.75) is 46.0 Å². The van der Waals surface area contributed by atoms with E-state index in [0.29, 0.717) is 0 Å². The summed E-state index contributed by atoms with van der Waals surface area (Å²) in [5, 5.41) is 2.97. The Bertz CT molecular complexity index is 591. The van der Waals surface area contributed by atoms with Crippen molar-refractivity contribution in [3.63, 3.8) is 0 Å². The number of aryl methyl sites for hydroxylation is 2. The molecule has 3 heteroatoms. The maximum absolute atomic E-state index is 12.0. The predicted octanol–water partition coefficient (Wildman–Crippen LogP) is 4.33. The summed E-state index contributed by atoms with van der Waals surface area (Å²) in [6.07, 6.45) is 11.8. The highest BCUT2D eigenvalue weighted by molar-refractivity contribution is 5.92. The molecule has 1 aliphatic rings. The van der Waals surface area contributed by atoms with E-state index in [1.54, 1.807) is 13.2 Å². The van der Waals surface area contributed by atoms with Crippen molar-refractivity contribution >= 4 is 12.0 Å². The summed E-state index contributed by atoms with van der Waals surface area (Å²) in [6.45, 7) is 4.78. The summed E-state index contributed by atoms with van der Waals surface area (Å²) in [6, 6.07) is 3.97. The topological polar surface area (TPSA) is 38.3 Å². The van der Waals surface area contributed by atoms with E-state index in [0.717, 1.165) is 35.4 Å². The Balaban J connectivity index is 1.87. The number of carbonyl (C=O) groups excluding carboxylic acids is 1. The molecule has 1 aromatic rings. The molecule has 23 heavy (non-hydrogen) atoms. The zero-order chi connectivity index (χ0) is 16.7. The molecule has 0 aromatic heterocycles. The van der Waals surface area contributed by atoms with E-state index in [1.807, 2.05) is 32.1 Å². The van der Waals surface area contributed by atoms with Crippen molar-refractivity contribution < 1.29 is 9.53 Å². The third-order valence-electron chi connectivity index (χ3n) is 4.33. The maximum atomic E-state index is 12.0. The first kappa shape index (κ1) is 17.3. The van der Waals surface area contributed by atoms with Crippen LogP contribution in [0.2, 0.25) is 0 Å². The number of ether oxygens (including phenoxy) is 1. The molecule has 1 N–H and O–H groups in total. The van der Waals surface area contributed by atoms with Crippen molar-refractivity contribution in [2.24, 2.45) is 0 Å². The lowest BCUT2D eigenvalue weighted by Crippen LogP contribution is -2.22. The van der Waals surface area contributed by atoms with Gasteiger partial charge in [0, 0.05) is 12.6 Å². The van der Waals surface area contributed by atoms with Crippen molar-refractivity contribution in [2.75, 3.05) is 13.7 Å². The number of allylic oxidation sites excluding steroid dienone is 1. The monoisotopic (exact) mass is 313 g/mol. The Kier molecular flexibility index (Phi) is 6.45. The third kappa shape index (κ3) is 5.27. The molecule has 1 aromatic carbocycles. The summed E-state index contributed by atoms with van der Waals surface area (Å²) in [7, 11) is 1.67. The van der Waals surface area contributed by atoms with Gasteiger partial charge in [0.2, 0.25) is 5.91 Å². The third-order valence-corrected chi connectivity index (χ3v) is 4.33. The molecule has 1 amide bonds. The van der Waals surface area contributed by atoms with Crippen molar-refractivity contribution in [1.82, 2.24) is 5.32 Å². The molecular formula is C20H27NO2. The van der Waals surface area contributed by atoms with Gasteiger partial charge in [0.1, 0.15) is 5.75 Å². The second-order valence-electron chi connectivity index (χ2n) is 6.16. The van der Waals surface area contributed by atoms with Crippen molar-refractivity contribution in [3.8, 4) is 5.75 Å². The van der Waals surface area contributed by atoms with E-state index in [4.69, 9.17) is 4.74 Å². The largest absolute Gasteiger partial charge is 0.497 e. The Morgan fingerprint density at radius 3 is 2.61 bits per heavy atom. The first-order valence-corrected chi connectivity index (χ1v) is 8.39. The normalized spacial score (nSPS) is 14.7. The van der Waals surface area contributed by atoms with Crippen LogP contribution in [0, 0.1) is 13.8 Å².